The fraction of sp³-hybridized carbons (Fsp3) is 0.364. The Labute approximate surface area is 175 Å². The third kappa shape index (κ3) is 3.49. The molecular formula is C22H25N5O3. The Morgan fingerprint density at radius 3 is 2.07 bits per heavy atom. The zero-order valence-corrected chi connectivity index (χ0v) is 17.4. The summed E-state index contributed by atoms with van der Waals surface area (Å²) in [6.07, 6.45) is 3.44. The van der Waals surface area contributed by atoms with E-state index in [0.29, 0.717) is 49.1 Å². The smallest absolute Gasteiger partial charge is 0.278 e. The Morgan fingerprint density at radius 2 is 1.50 bits per heavy atom. The van der Waals surface area contributed by atoms with Gasteiger partial charge in [-0.25, -0.2) is 9.97 Å². The van der Waals surface area contributed by atoms with Crippen LogP contribution in [0.15, 0.2) is 48.4 Å². The number of rotatable bonds is 5. The minimum Gasteiger partial charge on any atom is -0.497 e. The molecule has 1 aromatic carbocycles. The van der Waals surface area contributed by atoms with E-state index in [1.807, 2.05) is 30.9 Å². The molecular weight excluding hydrogens is 382 g/mol. The number of anilines is 1. The minimum absolute atomic E-state index is 0.213. The number of nitrogens with zero attached hydrogens (tertiary/aromatic N) is 5. The Morgan fingerprint density at radius 1 is 0.900 bits per heavy atom. The van der Waals surface area contributed by atoms with Crippen LogP contribution in [0.3, 0.4) is 0 Å². The van der Waals surface area contributed by atoms with Crippen LogP contribution in [0.1, 0.15) is 19.4 Å². The predicted molar refractivity (Wildman–Crippen MR) is 113 cm³/mol. The maximum atomic E-state index is 13.3. The molecule has 0 unspecified atom stereocenters. The number of benzene rings is 1. The van der Waals surface area contributed by atoms with Crippen molar-refractivity contribution in [2.45, 2.75) is 19.9 Å². The number of aromatic nitrogens is 2. The lowest BCUT2D eigenvalue weighted by Crippen LogP contribution is -2.48. The maximum absolute atomic E-state index is 13.3. The molecule has 2 aliphatic heterocycles. The maximum Gasteiger partial charge on any atom is 0.278 e. The number of carbonyl (C=O) groups is 2. The summed E-state index contributed by atoms with van der Waals surface area (Å²) >= 11 is 0. The molecule has 0 radical (unpaired) electrons. The fourth-order valence-corrected chi connectivity index (χ4v) is 3.90. The molecule has 8 heteroatoms. The SMILES string of the molecule is COc1ccc(C2=C(N3CCN(c4ncccn4)CC3)C(=O)N(C(C)C)C2=O)cc1. The molecule has 0 atom stereocenters. The highest BCUT2D eigenvalue weighted by molar-refractivity contribution is 6.35. The predicted octanol–water partition coefficient (Wildman–Crippen LogP) is 1.80. The van der Waals surface area contributed by atoms with Crippen molar-refractivity contribution in [2.24, 2.45) is 0 Å². The highest BCUT2D eigenvalue weighted by Gasteiger charge is 2.43. The normalized spacial score (nSPS) is 17.4. The van der Waals surface area contributed by atoms with Gasteiger partial charge in [-0.3, -0.25) is 14.5 Å². The Hall–Kier alpha value is -3.42. The van der Waals surface area contributed by atoms with Crippen LogP contribution in [0.4, 0.5) is 5.95 Å². The van der Waals surface area contributed by atoms with Gasteiger partial charge in [-0.15, -0.1) is 0 Å². The number of hydrogen-bond donors (Lipinski definition) is 0. The molecule has 156 valence electrons. The molecule has 2 amide bonds. The average Bonchev–Trinajstić information content (AvgIpc) is 3.04. The van der Waals surface area contributed by atoms with E-state index in [-0.39, 0.29) is 17.9 Å². The molecule has 8 nitrogen and oxygen atoms in total. The molecule has 0 saturated carbocycles. The van der Waals surface area contributed by atoms with Gasteiger partial charge in [-0.1, -0.05) is 12.1 Å². The van der Waals surface area contributed by atoms with E-state index in [9.17, 15) is 9.59 Å². The van der Waals surface area contributed by atoms with Crippen molar-refractivity contribution in [1.29, 1.82) is 0 Å². The second kappa shape index (κ2) is 8.14. The van der Waals surface area contributed by atoms with Crippen LogP contribution < -0.4 is 9.64 Å². The lowest BCUT2D eigenvalue weighted by molar-refractivity contribution is -0.139. The van der Waals surface area contributed by atoms with Gasteiger partial charge in [0, 0.05) is 44.6 Å². The van der Waals surface area contributed by atoms with Crippen molar-refractivity contribution in [2.75, 3.05) is 38.2 Å². The zero-order chi connectivity index (χ0) is 21.3. The number of carbonyl (C=O) groups excluding carboxylic acids is 2. The summed E-state index contributed by atoms with van der Waals surface area (Å²) in [5, 5.41) is 0. The topological polar surface area (TPSA) is 78.9 Å². The first-order chi connectivity index (χ1) is 14.5. The van der Waals surface area contributed by atoms with Gasteiger partial charge < -0.3 is 14.5 Å². The lowest BCUT2D eigenvalue weighted by atomic mass is 10.0. The Kier molecular flexibility index (Phi) is 5.39. The van der Waals surface area contributed by atoms with Crippen LogP contribution in [0.25, 0.3) is 5.57 Å². The number of ether oxygens (including phenoxy) is 1. The molecule has 2 aliphatic rings. The van der Waals surface area contributed by atoms with Gasteiger partial charge in [0.05, 0.1) is 12.7 Å². The largest absolute Gasteiger partial charge is 0.497 e. The second-order valence-corrected chi connectivity index (χ2v) is 7.55. The van der Waals surface area contributed by atoms with Crippen LogP contribution in [0.5, 0.6) is 5.75 Å². The van der Waals surface area contributed by atoms with Gasteiger partial charge >= 0.3 is 0 Å². The molecule has 2 aromatic rings. The van der Waals surface area contributed by atoms with Crippen molar-refractivity contribution >= 4 is 23.3 Å². The molecule has 0 aliphatic carbocycles. The van der Waals surface area contributed by atoms with E-state index < -0.39 is 0 Å². The molecule has 1 saturated heterocycles. The van der Waals surface area contributed by atoms with Gasteiger partial charge in [0.1, 0.15) is 11.4 Å². The van der Waals surface area contributed by atoms with E-state index in [4.69, 9.17) is 4.74 Å². The average molecular weight is 407 g/mol. The zero-order valence-electron chi connectivity index (χ0n) is 17.4. The van der Waals surface area contributed by atoms with Gasteiger partial charge in [0.15, 0.2) is 0 Å². The third-order valence-corrected chi connectivity index (χ3v) is 5.42. The van der Waals surface area contributed by atoms with E-state index in [1.165, 1.54) is 4.90 Å². The van der Waals surface area contributed by atoms with Gasteiger partial charge in [-0.2, -0.15) is 0 Å². The van der Waals surface area contributed by atoms with Gasteiger partial charge in [-0.05, 0) is 37.6 Å². The summed E-state index contributed by atoms with van der Waals surface area (Å²) in [6.45, 7) is 6.28. The molecule has 1 fully saturated rings. The highest BCUT2D eigenvalue weighted by atomic mass is 16.5. The lowest BCUT2D eigenvalue weighted by Gasteiger charge is -2.36. The molecule has 0 spiro atoms. The summed E-state index contributed by atoms with van der Waals surface area (Å²) in [7, 11) is 1.60. The van der Waals surface area contributed by atoms with Crippen LogP contribution in [-0.2, 0) is 9.59 Å². The van der Waals surface area contributed by atoms with Crippen LogP contribution in [-0.4, -0.2) is 70.9 Å². The molecule has 30 heavy (non-hydrogen) atoms. The monoisotopic (exact) mass is 407 g/mol. The molecule has 1 aromatic heterocycles. The van der Waals surface area contributed by atoms with E-state index in [1.54, 1.807) is 37.7 Å². The Balaban J connectivity index is 1.65. The quantitative estimate of drug-likeness (QED) is 0.699. The first-order valence-electron chi connectivity index (χ1n) is 10.0. The Bertz CT molecular complexity index is 964. The first kappa shape index (κ1) is 19.9. The summed E-state index contributed by atoms with van der Waals surface area (Å²) in [5.74, 6) is 0.906. The van der Waals surface area contributed by atoms with Crippen molar-refractivity contribution in [3.63, 3.8) is 0 Å². The van der Waals surface area contributed by atoms with E-state index in [2.05, 4.69) is 14.9 Å². The van der Waals surface area contributed by atoms with Crippen molar-refractivity contribution in [3.05, 3.63) is 54.0 Å². The number of amides is 2. The van der Waals surface area contributed by atoms with Crippen molar-refractivity contribution in [1.82, 2.24) is 19.8 Å². The highest BCUT2D eigenvalue weighted by Crippen LogP contribution is 2.34. The van der Waals surface area contributed by atoms with Crippen LogP contribution in [0, 0.1) is 0 Å². The standard InChI is InChI=1S/C22H25N5O3/c1-15(2)27-20(28)18(16-5-7-17(30-3)8-6-16)19(21(27)29)25-11-13-26(14-12-25)22-23-9-4-10-24-22/h4-10,15H,11-14H2,1-3H3. The molecule has 4 rings (SSSR count). The van der Waals surface area contributed by atoms with Crippen molar-refractivity contribution in [3.8, 4) is 5.75 Å². The third-order valence-electron chi connectivity index (χ3n) is 5.42. The van der Waals surface area contributed by atoms with E-state index in [0.717, 1.165) is 5.56 Å². The van der Waals surface area contributed by atoms with E-state index >= 15 is 0 Å². The van der Waals surface area contributed by atoms with Crippen molar-refractivity contribution < 1.29 is 14.3 Å². The first-order valence-corrected chi connectivity index (χ1v) is 10.0. The molecule has 0 bridgehead atoms. The summed E-state index contributed by atoms with van der Waals surface area (Å²) in [5.41, 5.74) is 1.66. The summed E-state index contributed by atoms with van der Waals surface area (Å²) in [4.78, 5) is 40.5. The minimum atomic E-state index is -0.246. The molecule has 0 N–H and O–H groups in total. The van der Waals surface area contributed by atoms with Crippen LogP contribution >= 0.6 is 0 Å². The number of piperazine rings is 1. The van der Waals surface area contributed by atoms with Crippen LogP contribution in [0.2, 0.25) is 0 Å². The fourth-order valence-electron chi connectivity index (χ4n) is 3.90. The van der Waals surface area contributed by atoms with Gasteiger partial charge in [0.2, 0.25) is 5.95 Å². The number of imide groups is 1. The number of hydrogen-bond acceptors (Lipinski definition) is 7. The summed E-state index contributed by atoms with van der Waals surface area (Å²) < 4.78 is 5.23. The molecule has 3 heterocycles. The number of methoxy groups -OCH3 is 1. The van der Waals surface area contributed by atoms with Gasteiger partial charge in [0.25, 0.3) is 11.8 Å². The second-order valence-electron chi connectivity index (χ2n) is 7.55. The summed E-state index contributed by atoms with van der Waals surface area (Å²) in [6, 6.07) is 8.85.